The van der Waals surface area contributed by atoms with E-state index in [-0.39, 0.29) is 0 Å². The third-order valence-corrected chi connectivity index (χ3v) is 3.17. The summed E-state index contributed by atoms with van der Waals surface area (Å²) in [5.74, 6) is -0.975. The largest absolute Gasteiger partial charge is 0.385 e. The summed E-state index contributed by atoms with van der Waals surface area (Å²) >= 11 is 0. The van der Waals surface area contributed by atoms with Crippen molar-refractivity contribution in [2.75, 3.05) is 0 Å². The van der Waals surface area contributed by atoms with Crippen LogP contribution in [0.15, 0.2) is 0 Å². The summed E-state index contributed by atoms with van der Waals surface area (Å²) in [6.07, 6.45) is 7.75. The van der Waals surface area contributed by atoms with Gasteiger partial charge in [-0.25, -0.2) is 0 Å². The van der Waals surface area contributed by atoms with Crippen LogP contribution in [-0.4, -0.2) is 22.8 Å². The number of hydrogen-bond acceptors (Lipinski definition) is 3. The summed E-state index contributed by atoms with van der Waals surface area (Å²) in [6, 6.07) is 0. The van der Waals surface area contributed by atoms with Crippen molar-refractivity contribution in [3.63, 3.8) is 0 Å². The smallest absolute Gasteiger partial charge is 0.226 e. The molecule has 0 bridgehead atoms. The van der Waals surface area contributed by atoms with Crippen LogP contribution in [0.1, 0.15) is 78.1 Å². The number of carbonyl (C=O) groups excluding carboxylic acids is 2. The molecule has 0 aliphatic carbocycles. The summed E-state index contributed by atoms with van der Waals surface area (Å²) in [5, 5.41) is 9.59. The average Bonchev–Trinajstić information content (AvgIpc) is 2.37. The lowest BCUT2D eigenvalue weighted by Crippen LogP contribution is -2.28. The van der Waals surface area contributed by atoms with Crippen molar-refractivity contribution in [3.05, 3.63) is 0 Å². The molecule has 0 spiro atoms. The molecular formula is C15H28O3. The highest BCUT2D eigenvalue weighted by molar-refractivity contribution is 6.38. The van der Waals surface area contributed by atoms with Crippen LogP contribution in [0.3, 0.4) is 0 Å². The van der Waals surface area contributed by atoms with Gasteiger partial charge in [-0.2, -0.15) is 0 Å². The minimum Gasteiger partial charge on any atom is -0.385 e. The Morgan fingerprint density at radius 2 is 1.44 bits per heavy atom. The summed E-state index contributed by atoms with van der Waals surface area (Å²) in [6.45, 7) is 4.21. The van der Waals surface area contributed by atoms with Gasteiger partial charge in [-0.1, -0.05) is 58.8 Å². The number of aliphatic hydroxyl groups excluding tert-OH is 1. The van der Waals surface area contributed by atoms with Gasteiger partial charge in [0, 0.05) is 6.42 Å². The SMILES string of the molecule is CCCCCCCC(=O)C(=O)C(O)CCCCC. The Hall–Kier alpha value is -0.700. The van der Waals surface area contributed by atoms with Gasteiger partial charge in [0.1, 0.15) is 6.10 Å². The summed E-state index contributed by atoms with van der Waals surface area (Å²) in [7, 11) is 0. The van der Waals surface area contributed by atoms with E-state index in [1.54, 1.807) is 0 Å². The van der Waals surface area contributed by atoms with Crippen LogP contribution in [0, 0.1) is 0 Å². The van der Waals surface area contributed by atoms with E-state index >= 15 is 0 Å². The highest BCUT2D eigenvalue weighted by Gasteiger charge is 2.21. The van der Waals surface area contributed by atoms with E-state index in [2.05, 4.69) is 13.8 Å². The first-order valence-corrected chi connectivity index (χ1v) is 7.38. The van der Waals surface area contributed by atoms with Crippen LogP contribution < -0.4 is 0 Å². The van der Waals surface area contributed by atoms with Gasteiger partial charge in [0.25, 0.3) is 0 Å². The second kappa shape index (κ2) is 11.4. The van der Waals surface area contributed by atoms with Gasteiger partial charge in [-0.05, 0) is 12.8 Å². The lowest BCUT2D eigenvalue weighted by atomic mass is 10.0. The molecule has 1 N–H and O–H groups in total. The number of aliphatic hydroxyl groups is 1. The quantitative estimate of drug-likeness (QED) is 0.430. The van der Waals surface area contributed by atoms with Crippen molar-refractivity contribution in [2.45, 2.75) is 84.2 Å². The maximum Gasteiger partial charge on any atom is 0.226 e. The second-order valence-corrected chi connectivity index (χ2v) is 4.96. The molecule has 0 aromatic rings. The van der Waals surface area contributed by atoms with Gasteiger partial charge >= 0.3 is 0 Å². The molecule has 3 nitrogen and oxygen atoms in total. The van der Waals surface area contributed by atoms with Gasteiger partial charge in [-0.3, -0.25) is 9.59 Å². The Morgan fingerprint density at radius 1 is 0.889 bits per heavy atom. The van der Waals surface area contributed by atoms with Crippen LogP contribution >= 0.6 is 0 Å². The molecule has 106 valence electrons. The fourth-order valence-corrected chi connectivity index (χ4v) is 1.92. The van der Waals surface area contributed by atoms with Gasteiger partial charge in [-0.15, -0.1) is 0 Å². The monoisotopic (exact) mass is 256 g/mol. The van der Waals surface area contributed by atoms with Crippen molar-refractivity contribution in [1.29, 1.82) is 0 Å². The van der Waals surface area contributed by atoms with Crippen LogP contribution in [0.5, 0.6) is 0 Å². The number of ketones is 2. The molecule has 3 heteroatoms. The molecule has 0 aliphatic rings. The Morgan fingerprint density at radius 3 is 2.06 bits per heavy atom. The van der Waals surface area contributed by atoms with E-state index in [1.165, 1.54) is 12.8 Å². The first-order chi connectivity index (χ1) is 8.63. The minimum atomic E-state index is -1.07. The van der Waals surface area contributed by atoms with Crippen molar-refractivity contribution in [2.24, 2.45) is 0 Å². The standard InChI is InChI=1S/C15H28O3/c1-3-5-7-8-10-12-14(17)15(18)13(16)11-9-6-4-2/h13,16H,3-12H2,1-2H3. The van der Waals surface area contributed by atoms with Crippen LogP contribution in [0.4, 0.5) is 0 Å². The minimum absolute atomic E-state index is 0.299. The molecule has 18 heavy (non-hydrogen) atoms. The molecule has 1 atom stereocenters. The molecule has 0 amide bonds. The molecule has 0 saturated heterocycles. The molecular weight excluding hydrogens is 228 g/mol. The van der Waals surface area contributed by atoms with E-state index in [9.17, 15) is 14.7 Å². The number of hydrogen-bond donors (Lipinski definition) is 1. The Kier molecular flexibility index (Phi) is 11.0. The zero-order chi connectivity index (χ0) is 13.8. The van der Waals surface area contributed by atoms with E-state index in [1.807, 2.05) is 0 Å². The highest BCUT2D eigenvalue weighted by atomic mass is 16.3. The van der Waals surface area contributed by atoms with Gasteiger partial charge in [0.05, 0.1) is 0 Å². The fraction of sp³-hybridized carbons (Fsp3) is 0.867. The van der Waals surface area contributed by atoms with Crippen molar-refractivity contribution < 1.29 is 14.7 Å². The maximum absolute atomic E-state index is 11.6. The third kappa shape index (κ3) is 8.40. The lowest BCUT2D eigenvalue weighted by Gasteiger charge is -2.08. The van der Waals surface area contributed by atoms with Crippen LogP contribution in [-0.2, 0) is 9.59 Å². The summed E-state index contributed by atoms with van der Waals surface area (Å²) in [5.41, 5.74) is 0. The summed E-state index contributed by atoms with van der Waals surface area (Å²) < 4.78 is 0. The topological polar surface area (TPSA) is 54.4 Å². The normalized spacial score (nSPS) is 12.4. The van der Waals surface area contributed by atoms with Crippen LogP contribution in [0.25, 0.3) is 0 Å². The molecule has 1 unspecified atom stereocenters. The lowest BCUT2D eigenvalue weighted by molar-refractivity contribution is -0.141. The number of rotatable bonds is 12. The van der Waals surface area contributed by atoms with Gasteiger partial charge < -0.3 is 5.11 Å². The van der Waals surface area contributed by atoms with E-state index < -0.39 is 17.7 Å². The molecule has 0 aliphatic heterocycles. The first kappa shape index (κ1) is 17.3. The molecule has 0 saturated carbocycles. The van der Waals surface area contributed by atoms with Gasteiger partial charge in [0.15, 0.2) is 0 Å². The Bertz CT molecular complexity index is 236. The van der Waals surface area contributed by atoms with E-state index in [0.29, 0.717) is 12.8 Å². The maximum atomic E-state index is 11.6. The molecule has 0 aromatic carbocycles. The zero-order valence-corrected chi connectivity index (χ0v) is 11.9. The van der Waals surface area contributed by atoms with Crippen molar-refractivity contribution in [1.82, 2.24) is 0 Å². The molecule has 0 rings (SSSR count). The van der Waals surface area contributed by atoms with Crippen LogP contribution in [0.2, 0.25) is 0 Å². The first-order valence-electron chi connectivity index (χ1n) is 7.38. The predicted octanol–water partition coefficient (Wildman–Crippen LogP) is 3.43. The predicted molar refractivity (Wildman–Crippen MR) is 73.5 cm³/mol. The number of unbranched alkanes of at least 4 members (excludes halogenated alkanes) is 6. The van der Waals surface area contributed by atoms with Crippen molar-refractivity contribution in [3.8, 4) is 0 Å². The van der Waals surface area contributed by atoms with Crippen molar-refractivity contribution >= 4 is 11.6 Å². The Balaban J connectivity index is 3.70. The molecule has 0 heterocycles. The highest BCUT2D eigenvalue weighted by Crippen LogP contribution is 2.09. The van der Waals surface area contributed by atoms with E-state index in [0.717, 1.165) is 38.5 Å². The Labute approximate surface area is 111 Å². The zero-order valence-electron chi connectivity index (χ0n) is 11.9. The van der Waals surface area contributed by atoms with E-state index in [4.69, 9.17) is 0 Å². The molecule has 0 radical (unpaired) electrons. The summed E-state index contributed by atoms with van der Waals surface area (Å²) in [4.78, 5) is 23.1. The number of Topliss-reactive ketones (excluding diaryl/α,β-unsaturated/α-hetero) is 2. The third-order valence-electron chi connectivity index (χ3n) is 3.17. The average molecular weight is 256 g/mol. The fourth-order valence-electron chi connectivity index (χ4n) is 1.92. The second-order valence-electron chi connectivity index (χ2n) is 4.96. The molecule has 0 fully saturated rings. The molecule has 0 aromatic heterocycles. The van der Waals surface area contributed by atoms with Gasteiger partial charge in [0.2, 0.25) is 11.6 Å². The number of carbonyl (C=O) groups is 2.